The summed E-state index contributed by atoms with van der Waals surface area (Å²) in [5.41, 5.74) is -0.0946. The van der Waals surface area contributed by atoms with E-state index in [1.807, 2.05) is 0 Å². The number of nitrogens with zero attached hydrogens (tertiary/aromatic N) is 1. The van der Waals surface area contributed by atoms with Gasteiger partial charge in [0.2, 0.25) is 0 Å². The van der Waals surface area contributed by atoms with E-state index >= 15 is 0 Å². The van der Waals surface area contributed by atoms with Crippen LogP contribution in [0.15, 0.2) is 24.5 Å². The van der Waals surface area contributed by atoms with Crippen LogP contribution in [0, 0.1) is 0 Å². The quantitative estimate of drug-likeness (QED) is 0.820. The van der Waals surface area contributed by atoms with Gasteiger partial charge in [0, 0.05) is 12.4 Å². The number of rotatable bonds is 4. The fourth-order valence-corrected chi connectivity index (χ4v) is 2.05. The maximum absolute atomic E-state index is 11.9. The van der Waals surface area contributed by atoms with Gasteiger partial charge in [-0.25, -0.2) is 0 Å². The third-order valence-corrected chi connectivity index (χ3v) is 3.10. The van der Waals surface area contributed by atoms with Gasteiger partial charge in [0.05, 0.1) is 17.5 Å². The summed E-state index contributed by atoms with van der Waals surface area (Å²) in [7, 11) is 0. The van der Waals surface area contributed by atoms with Gasteiger partial charge in [-0.05, 0) is 31.4 Å². The van der Waals surface area contributed by atoms with Crippen molar-refractivity contribution >= 4 is 11.9 Å². The molecule has 1 fully saturated rings. The molecule has 0 aliphatic heterocycles. The number of amides is 1. The zero-order chi connectivity index (χ0) is 12.3. The highest BCUT2D eigenvalue weighted by molar-refractivity contribution is 5.94. The van der Waals surface area contributed by atoms with Gasteiger partial charge in [-0.3, -0.25) is 14.6 Å². The van der Waals surface area contributed by atoms with Gasteiger partial charge in [0.15, 0.2) is 0 Å². The van der Waals surface area contributed by atoms with Crippen molar-refractivity contribution in [3.63, 3.8) is 0 Å². The van der Waals surface area contributed by atoms with Crippen LogP contribution in [0.3, 0.4) is 0 Å². The average Bonchev–Trinajstić information content (AvgIpc) is 2.26. The van der Waals surface area contributed by atoms with E-state index in [2.05, 4.69) is 10.3 Å². The lowest BCUT2D eigenvalue weighted by molar-refractivity contribution is -0.139. The molecule has 0 aromatic carbocycles. The summed E-state index contributed by atoms with van der Waals surface area (Å²) in [6.45, 7) is 0. The minimum Gasteiger partial charge on any atom is -0.481 e. The first-order valence-electron chi connectivity index (χ1n) is 5.56. The zero-order valence-corrected chi connectivity index (χ0v) is 9.35. The monoisotopic (exact) mass is 234 g/mol. The molecule has 1 saturated carbocycles. The third kappa shape index (κ3) is 2.61. The predicted molar refractivity (Wildman–Crippen MR) is 60.5 cm³/mol. The molecule has 0 bridgehead atoms. The summed E-state index contributed by atoms with van der Waals surface area (Å²) in [4.78, 5) is 26.5. The van der Waals surface area contributed by atoms with Gasteiger partial charge >= 0.3 is 5.97 Å². The topological polar surface area (TPSA) is 79.3 Å². The number of aliphatic carboxylic acids is 1. The Balaban J connectivity index is 2.05. The molecule has 0 unspecified atom stereocenters. The standard InChI is InChI=1S/C12H14N2O3/c15-10(16)7-12(4-2-5-12)14-11(17)9-3-1-6-13-8-9/h1,3,6,8H,2,4-5,7H2,(H,14,17)(H,15,16). The maximum atomic E-state index is 11.9. The van der Waals surface area contributed by atoms with Crippen LogP contribution in [-0.2, 0) is 4.79 Å². The van der Waals surface area contributed by atoms with E-state index in [-0.39, 0.29) is 12.3 Å². The van der Waals surface area contributed by atoms with Gasteiger partial charge in [0.1, 0.15) is 0 Å². The average molecular weight is 234 g/mol. The highest BCUT2D eigenvalue weighted by Gasteiger charge is 2.40. The lowest BCUT2D eigenvalue weighted by Crippen LogP contribution is -2.54. The predicted octanol–water partition coefficient (Wildman–Crippen LogP) is 1.21. The second-order valence-corrected chi connectivity index (χ2v) is 4.40. The lowest BCUT2D eigenvalue weighted by atomic mass is 9.74. The summed E-state index contributed by atoms with van der Waals surface area (Å²) in [5, 5.41) is 11.7. The number of hydrogen-bond acceptors (Lipinski definition) is 3. The van der Waals surface area contributed by atoms with E-state index < -0.39 is 11.5 Å². The molecule has 2 rings (SSSR count). The summed E-state index contributed by atoms with van der Waals surface area (Å²) < 4.78 is 0. The molecule has 90 valence electrons. The molecule has 5 heteroatoms. The fourth-order valence-electron chi connectivity index (χ4n) is 2.05. The van der Waals surface area contributed by atoms with Crippen molar-refractivity contribution < 1.29 is 14.7 Å². The Hall–Kier alpha value is -1.91. The Labute approximate surface area is 98.9 Å². The van der Waals surface area contributed by atoms with E-state index in [9.17, 15) is 9.59 Å². The Bertz CT molecular complexity index is 427. The van der Waals surface area contributed by atoms with Crippen LogP contribution >= 0.6 is 0 Å². The third-order valence-electron chi connectivity index (χ3n) is 3.10. The zero-order valence-electron chi connectivity index (χ0n) is 9.35. The first-order valence-corrected chi connectivity index (χ1v) is 5.56. The van der Waals surface area contributed by atoms with Crippen molar-refractivity contribution in [2.75, 3.05) is 0 Å². The molecule has 1 aliphatic carbocycles. The number of hydrogen-bond donors (Lipinski definition) is 2. The molecule has 17 heavy (non-hydrogen) atoms. The number of carboxylic acids is 1. The normalized spacial score (nSPS) is 16.9. The number of carbonyl (C=O) groups is 2. The van der Waals surface area contributed by atoms with Crippen LogP contribution in [-0.4, -0.2) is 27.5 Å². The van der Waals surface area contributed by atoms with Crippen LogP contribution in [0.4, 0.5) is 0 Å². The second kappa shape index (κ2) is 4.53. The summed E-state index contributed by atoms with van der Waals surface area (Å²) in [6.07, 6.45) is 5.46. The van der Waals surface area contributed by atoms with Crippen LogP contribution < -0.4 is 5.32 Å². The highest BCUT2D eigenvalue weighted by Crippen LogP contribution is 2.35. The molecule has 1 aromatic heterocycles. The molecule has 1 amide bonds. The lowest BCUT2D eigenvalue weighted by Gasteiger charge is -2.41. The van der Waals surface area contributed by atoms with Crippen molar-refractivity contribution in [2.45, 2.75) is 31.2 Å². The maximum Gasteiger partial charge on any atom is 0.305 e. The molecule has 0 spiro atoms. The number of nitrogens with one attached hydrogen (secondary N) is 1. The molecule has 5 nitrogen and oxygen atoms in total. The van der Waals surface area contributed by atoms with E-state index in [0.29, 0.717) is 5.56 Å². The SMILES string of the molecule is O=C(O)CC1(NC(=O)c2cccnc2)CCC1. The van der Waals surface area contributed by atoms with Gasteiger partial charge in [-0.1, -0.05) is 0 Å². The first kappa shape index (κ1) is 11.6. The fraction of sp³-hybridized carbons (Fsp3) is 0.417. The van der Waals surface area contributed by atoms with Gasteiger partial charge in [0.25, 0.3) is 5.91 Å². The second-order valence-electron chi connectivity index (χ2n) is 4.40. The molecule has 1 aliphatic rings. The van der Waals surface area contributed by atoms with Crippen molar-refractivity contribution in [1.29, 1.82) is 0 Å². The van der Waals surface area contributed by atoms with Gasteiger partial charge in [-0.2, -0.15) is 0 Å². The molecule has 0 radical (unpaired) electrons. The van der Waals surface area contributed by atoms with Gasteiger partial charge in [-0.15, -0.1) is 0 Å². The number of carbonyl (C=O) groups excluding carboxylic acids is 1. The largest absolute Gasteiger partial charge is 0.481 e. The van der Waals surface area contributed by atoms with Crippen LogP contribution in [0.1, 0.15) is 36.0 Å². The Morgan fingerprint density at radius 3 is 2.71 bits per heavy atom. The molecule has 1 aromatic rings. The van der Waals surface area contributed by atoms with E-state index in [1.54, 1.807) is 18.3 Å². The Kier molecular flexibility index (Phi) is 3.08. The first-order chi connectivity index (χ1) is 8.11. The smallest absolute Gasteiger partial charge is 0.305 e. The number of aromatic nitrogens is 1. The van der Waals surface area contributed by atoms with E-state index in [1.165, 1.54) is 6.20 Å². The molecule has 0 saturated heterocycles. The van der Waals surface area contributed by atoms with Crippen LogP contribution in [0.2, 0.25) is 0 Å². The number of pyridine rings is 1. The molecule has 0 atom stereocenters. The summed E-state index contributed by atoms with van der Waals surface area (Å²) >= 11 is 0. The molecular formula is C12H14N2O3. The molecule has 2 N–H and O–H groups in total. The Morgan fingerprint density at radius 2 is 2.24 bits per heavy atom. The number of carboxylic acid groups (broad SMARTS) is 1. The summed E-state index contributed by atoms with van der Waals surface area (Å²) in [5.74, 6) is -1.13. The van der Waals surface area contributed by atoms with Gasteiger partial charge < -0.3 is 10.4 Å². The van der Waals surface area contributed by atoms with Crippen LogP contribution in [0.25, 0.3) is 0 Å². The van der Waals surface area contributed by atoms with E-state index in [0.717, 1.165) is 19.3 Å². The highest BCUT2D eigenvalue weighted by atomic mass is 16.4. The Morgan fingerprint density at radius 1 is 1.47 bits per heavy atom. The molecule has 1 heterocycles. The van der Waals surface area contributed by atoms with Crippen LogP contribution in [0.5, 0.6) is 0 Å². The minimum atomic E-state index is -0.879. The minimum absolute atomic E-state index is 0.0149. The van der Waals surface area contributed by atoms with Crippen molar-refractivity contribution in [3.05, 3.63) is 30.1 Å². The van der Waals surface area contributed by atoms with E-state index in [4.69, 9.17) is 5.11 Å². The molecular weight excluding hydrogens is 220 g/mol. The summed E-state index contributed by atoms with van der Waals surface area (Å²) in [6, 6.07) is 3.34. The van der Waals surface area contributed by atoms with Crippen molar-refractivity contribution in [2.24, 2.45) is 0 Å². The van der Waals surface area contributed by atoms with Crippen molar-refractivity contribution in [1.82, 2.24) is 10.3 Å². The van der Waals surface area contributed by atoms with Crippen molar-refractivity contribution in [3.8, 4) is 0 Å².